The van der Waals surface area contributed by atoms with E-state index in [2.05, 4.69) is 20.8 Å². The van der Waals surface area contributed by atoms with E-state index in [9.17, 15) is 8.42 Å². The van der Waals surface area contributed by atoms with Crippen molar-refractivity contribution in [2.75, 3.05) is 6.26 Å². The van der Waals surface area contributed by atoms with Gasteiger partial charge in [-0.25, -0.2) is 8.42 Å². The monoisotopic (exact) mass is 295 g/mol. The summed E-state index contributed by atoms with van der Waals surface area (Å²) < 4.78 is 24.4. The smallest absolute Gasteiger partial charge is 0.175 e. The second-order valence-electron chi connectivity index (χ2n) is 4.81. The van der Waals surface area contributed by atoms with Crippen LogP contribution in [0, 0.1) is 0 Å². The summed E-state index contributed by atoms with van der Waals surface area (Å²) in [7, 11) is -3.19. The topological polar surface area (TPSA) is 89.8 Å². The third kappa shape index (κ3) is 3.40. The molecule has 0 atom stereocenters. The summed E-state index contributed by atoms with van der Waals surface area (Å²) in [6, 6.07) is 6.79. The highest BCUT2D eigenvalue weighted by atomic mass is 32.2. The molecule has 0 aliphatic carbocycles. The average molecular weight is 295 g/mol. The van der Waals surface area contributed by atoms with Crippen molar-refractivity contribution in [3.05, 3.63) is 30.1 Å². The maximum atomic E-state index is 11.4. The van der Waals surface area contributed by atoms with Gasteiger partial charge in [0.1, 0.15) is 0 Å². The molecule has 108 valence electrons. The van der Waals surface area contributed by atoms with Gasteiger partial charge >= 0.3 is 0 Å². The molecule has 0 spiro atoms. The van der Waals surface area contributed by atoms with Crippen LogP contribution in [0.3, 0.4) is 0 Å². The Balaban J connectivity index is 2.26. The molecule has 0 radical (unpaired) electrons. The van der Waals surface area contributed by atoms with Crippen molar-refractivity contribution in [2.45, 2.75) is 31.3 Å². The van der Waals surface area contributed by atoms with E-state index < -0.39 is 9.84 Å². The fourth-order valence-electron chi connectivity index (χ4n) is 1.65. The lowest BCUT2D eigenvalue weighted by molar-refractivity contribution is 0.563. The summed E-state index contributed by atoms with van der Waals surface area (Å²) in [4.78, 5) is 0.274. The highest BCUT2D eigenvalue weighted by Gasteiger charge is 2.11. The number of benzene rings is 1. The van der Waals surface area contributed by atoms with Crippen molar-refractivity contribution >= 4 is 9.84 Å². The standard InChI is InChI=1S/C12H17N5O2S/c1-9(2)13-8-12-14-15-16-17(12)10-4-6-11(7-5-10)20(3,18)19/h4-7,9,13H,8H2,1-3H3. The summed E-state index contributed by atoms with van der Waals surface area (Å²) in [5.41, 5.74) is 0.725. The maximum Gasteiger partial charge on any atom is 0.175 e. The molecule has 1 aromatic carbocycles. The van der Waals surface area contributed by atoms with Crippen LogP contribution in [0.25, 0.3) is 5.69 Å². The van der Waals surface area contributed by atoms with Gasteiger partial charge < -0.3 is 5.32 Å². The first-order valence-corrected chi connectivity index (χ1v) is 8.08. The normalized spacial score (nSPS) is 12.0. The molecule has 1 aromatic heterocycles. The number of rotatable bonds is 5. The van der Waals surface area contributed by atoms with Gasteiger partial charge in [0, 0.05) is 12.3 Å². The number of nitrogens with one attached hydrogen (secondary N) is 1. The van der Waals surface area contributed by atoms with E-state index in [1.807, 2.05) is 13.8 Å². The number of hydrogen-bond donors (Lipinski definition) is 1. The van der Waals surface area contributed by atoms with E-state index >= 15 is 0 Å². The van der Waals surface area contributed by atoms with Gasteiger partial charge in [0.2, 0.25) is 0 Å². The minimum atomic E-state index is -3.19. The molecule has 2 aromatic rings. The fourth-order valence-corrected chi connectivity index (χ4v) is 2.28. The molecular weight excluding hydrogens is 278 g/mol. The van der Waals surface area contributed by atoms with Gasteiger partial charge in [-0.1, -0.05) is 13.8 Å². The Morgan fingerprint density at radius 1 is 1.25 bits per heavy atom. The predicted molar refractivity (Wildman–Crippen MR) is 74.2 cm³/mol. The van der Waals surface area contributed by atoms with Crippen LogP contribution in [-0.2, 0) is 16.4 Å². The van der Waals surface area contributed by atoms with Crippen molar-refractivity contribution in [3.8, 4) is 5.69 Å². The van der Waals surface area contributed by atoms with Gasteiger partial charge in [0.25, 0.3) is 0 Å². The Bertz CT molecular complexity index is 676. The first-order chi connectivity index (χ1) is 9.38. The largest absolute Gasteiger partial charge is 0.308 e. The number of hydrogen-bond acceptors (Lipinski definition) is 6. The van der Waals surface area contributed by atoms with Crippen LogP contribution in [0.4, 0.5) is 0 Å². The molecule has 1 heterocycles. The first kappa shape index (κ1) is 14.6. The van der Waals surface area contributed by atoms with Crippen molar-refractivity contribution < 1.29 is 8.42 Å². The summed E-state index contributed by atoms with van der Waals surface area (Å²) in [6.07, 6.45) is 1.18. The summed E-state index contributed by atoms with van der Waals surface area (Å²) in [5.74, 6) is 0.672. The van der Waals surface area contributed by atoms with E-state index in [4.69, 9.17) is 0 Å². The third-order valence-corrected chi connectivity index (χ3v) is 3.84. The molecular formula is C12H17N5O2S. The molecule has 1 N–H and O–H groups in total. The highest BCUT2D eigenvalue weighted by Crippen LogP contribution is 2.13. The molecule has 0 amide bonds. The quantitative estimate of drug-likeness (QED) is 0.867. The van der Waals surface area contributed by atoms with Gasteiger partial charge in [-0.2, -0.15) is 4.68 Å². The molecule has 0 bridgehead atoms. The summed E-state index contributed by atoms with van der Waals surface area (Å²) >= 11 is 0. The molecule has 0 aliphatic rings. The Kier molecular flexibility index (Phi) is 4.15. The molecule has 0 saturated carbocycles. The number of tetrazole rings is 1. The van der Waals surface area contributed by atoms with E-state index in [0.29, 0.717) is 18.4 Å². The second kappa shape index (κ2) is 5.68. The van der Waals surface area contributed by atoms with Crippen LogP contribution < -0.4 is 5.32 Å². The first-order valence-electron chi connectivity index (χ1n) is 6.19. The fraction of sp³-hybridized carbons (Fsp3) is 0.417. The SMILES string of the molecule is CC(C)NCc1nnnn1-c1ccc(S(C)(=O)=O)cc1. The minimum Gasteiger partial charge on any atom is -0.308 e. The van der Waals surface area contributed by atoms with Gasteiger partial charge in [-0.15, -0.1) is 5.10 Å². The zero-order valence-corrected chi connectivity index (χ0v) is 12.4. The molecule has 0 aliphatic heterocycles. The van der Waals surface area contributed by atoms with Crippen molar-refractivity contribution in [2.24, 2.45) is 0 Å². The van der Waals surface area contributed by atoms with E-state index in [1.54, 1.807) is 28.9 Å². The van der Waals surface area contributed by atoms with Crippen molar-refractivity contribution in [1.29, 1.82) is 0 Å². The van der Waals surface area contributed by atoms with Crippen LogP contribution >= 0.6 is 0 Å². The molecule has 0 fully saturated rings. The van der Waals surface area contributed by atoms with Gasteiger partial charge in [-0.3, -0.25) is 0 Å². The van der Waals surface area contributed by atoms with Crippen LogP contribution in [0.1, 0.15) is 19.7 Å². The number of sulfone groups is 1. The lowest BCUT2D eigenvalue weighted by atomic mass is 10.3. The van der Waals surface area contributed by atoms with E-state index in [1.165, 1.54) is 6.26 Å². The summed E-state index contributed by atoms with van der Waals surface area (Å²) in [6.45, 7) is 4.61. The molecule has 0 saturated heterocycles. The zero-order chi connectivity index (χ0) is 14.8. The second-order valence-corrected chi connectivity index (χ2v) is 6.82. The molecule has 2 rings (SSSR count). The van der Waals surface area contributed by atoms with Crippen molar-refractivity contribution in [3.63, 3.8) is 0 Å². The van der Waals surface area contributed by atoms with Crippen LogP contribution in [0.5, 0.6) is 0 Å². The van der Waals surface area contributed by atoms with Crippen LogP contribution in [-0.4, -0.2) is 40.9 Å². The van der Waals surface area contributed by atoms with Gasteiger partial charge in [-0.05, 0) is 34.7 Å². The number of nitrogens with zero attached hydrogens (tertiary/aromatic N) is 4. The summed E-state index contributed by atoms with van der Waals surface area (Å²) in [5, 5.41) is 14.8. The minimum absolute atomic E-state index is 0.274. The van der Waals surface area contributed by atoms with E-state index in [-0.39, 0.29) is 4.90 Å². The predicted octanol–water partition coefficient (Wildman–Crippen LogP) is 0.564. The van der Waals surface area contributed by atoms with Gasteiger partial charge in [0.05, 0.1) is 17.1 Å². The van der Waals surface area contributed by atoms with Crippen LogP contribution in [0.15, 0.2) is 29.2 Å². The lowest BCUT2D eigenvalue weighted by Crippen LogP contribution is -2.24. The molecule has 20 heavy (non-hydrogen) atoms. The van der Waals surface area contributed by atoms with Crippen LogP contribution in [0.2, 0.25) is 0 Å². The zero-order valence-electron chi connectivity index (χ0n) is 11.6. The Morgan fingerprint density at radius 2 is 1.90 bits per heavy atom. The van der Waals surface area contributed by atoms with Crippen molar-refractivity contribution in [1.82, 2.24) is 25.5 Å². The Morgan fingerprint density at radius 3 is 2.45 bits per heavy atom. The number of aromatic nitrogens is 4. The van der Waals surface area contributed by atoms with E-state index in [0.717, 1.165) is 5.69 Å². The average Bonchev–Trinajstić information content (AvgIpc) is 2.83. The highest BCUT2D eigenvalue weighted by molar-refractivity contribution is 7.90. The Hall–Kier alpha value is -1.80. The lowest BCUT2D eigenvalue weighted by Gasteiger charge is -2.08. The molecule has 8 heteroatoms. The third-order valence-electron chi connectivity index (χ3n) is 2.71. The Labute approximate surface area is 117 Å². The molecule has 7 nitrogen and oxygen atoms in total. The maximum absolute atomic E-state index is 11.4. The molecule has 0 unspecified atom stereocenters. The van der Waals surface area contributed by atoms with Gasteiger partial charge in [0.15, 0.2) is 15.7 Å².